The Balaban J connectivity index is 1.22. The Morgan fingerprint density at radius 3 is 2.69 bits per heavy atom. The summed E-state index contributed by atoms with van der Waals surface area (Å²) in [4.78, 5) is 30.0. The average molecular weight is 349 g/mol. The number of hydrogen-bond donors (Lipinski definition) is 0. The smallest absolute Gasteiger partial charge is 0.223 e. The largest absolute Gasteiger partial charge is 0.368 e. The molecule has 26 heavy (non-hydrogen) atoms. The van der Waals surface area contributed by atoms with E-state index < -0.39 is 0 Å². The highest BCUT2D eigenvalue weighted by atomic mass is 16.2. The quantitative estimate of drug-likeness (QED) is 0.849. The van der Waals surface area contributed by atoms with Crippen molar-refractivity contribution in [2.24, 2.45) is 5.92 Å². The number of fused-ring (bicyclic) bond motifs is 3. The van der Waals surface area contributed by atoms with E-state index in [1.165, 1.54) is 28.8 Å². The van der Waals surface area contributed by atoms with Gasteiger partial charge in [0.05, 0.1) is 30.3 Å². The number of aromatic nitrogens is 3. The predicted octanol–water partition coefficient (Wildman–Crippen LogP) is 2.04. The van der Waals surface area contributed by atoms with E-state index in [2.05, 4.69) is 21.8 Å². The number of carbonyl (C=O) groups is 1. The van der Waals surface area contributed by atoms with E-state index in [0.717, 1.165) is 43.9 Å². The zero-order valence-electron chi connectivity index (χ0n) is 15.1. The summed E-state index contributed by atoms with van der Waals surface area (Å²) in [6, 6.07) is 0. The molecule has 2 aliphatic heterocycles. The van der Waals surface area contributed by atoms with Crippen LogP contribution >= 0.6 is 0 Å². The Kier molecular flexibility index (Phi) is 3.65. The first kappa shape index (κ1) is 15.7. The Labute approximate surface area is 153 Å². The molecular weight excluding hydrogens is 326 g/mol. The van der Waals surface area contributed by atoms with Crippen LogP contribution in [-0.4, -0.2) is 38.8 Å². The highest BCUT2D eigenvalue weighted by molar-refractivity contribution is 5.77. The lowest BCUT2D eigenvalue weighted by atomic mass is 9.95. The monoisotopic (exact) mass is 349 g/mol. The highest BCUT2D eigenvalue weighted by Gasteiger charge is 2.34. The Bertz CT molecular complexity index is 860. The summed E-state index contributed by atoms with van der Waals surface area (Å²) >= 11 is 0. The third-order valence-electron chi connectivity index (χ3n) is 6.04. The topological polar surface area (TPSA) is 62.2 Å². The number of amides is 1. The average Bonchev–Trinajstić information content (AvgIpc) is 3.25. The number of anilines is 1. The summed E-state index contributed by atoms with van der Waals surface area (Å²) in [5, 5.41) is 0. The van der Waals surface area contributed by atoms with E-state index in [-0.39, 0.29) is 5.91 Å². The molecule has 0 aromatic carbocycles. The maximum Gasteiger partial charge on any atom is 0.223 e. The second kappa shape index (κ2) is 6.04. The first-order valence-corrected chi connectivity index (χ1v) is 9.47. The van der Waals surface area contributed by atoms with Gasteiger partial charge < -0.3 is 9.80 Å². The lowest BCUT2D eigenvalue weighted by Gasteiger charge is -2.40. The Morgan fingerprint density at radius 2 is 1.88 bits per heavy atom. The van der Waals surface area contributed by atoms with E-state index in [9.17, 15) is 4.79 Å². The molecule has 3 aliphatic rings. The summed E-state index contributed by atoms with van der Waals surface area (Å²) in [5.41, 5.74) is 7.62. The van der Waals surface area contributed by atoms with E-state index in [1.807, 2.05) is 17.3 Å². The molecule has 6 heteroatoms. The molecule has 0 spiro atoms. The lowest BCUT2D eigenvalue weighted by Crippen LogP contribution is -2.48. The molecule has 0 saturated carbocycles. The normalized spacial score (nSPS) is 18.7. The fraction of sp³-hybridized carbons (Fsp3) is 0.500. The van der Waals surface area contributed by atoms with Crippen LogP contribution in [0.15, 0.2) is 18.7 Å². The van der Waals surface area contributed by atoms with Crippen LogP contribution in [0.1, 0.15) is 40.9 Å². The van der Waals surface area contributed by atoms with Crippen molar-refractivity contribution in [1.82, 2.24) is 19.9 Å². The molecule has 2 aromatic rings. The van der Waals surface area contributed by atoms with Gasteiger partial charge in [-0.15, -0.1) is 0 Å². The molecule has 2 aromatic heterocycles. The van der Waals surface area contributed by atoms with Crippen LogP contribution in [0.5, 0.6) is 0 Å². The molecule has 1 saturated heterocycles. The lowest BCUT2D eigenvalue weighted by molar-refractivity contribution is -0.133. The van der Waals surface area contributed by atoms with Crippen molar-refractivity contribution in [2.75, 3.05) is 18.0 Å². The van der Waals surface area contributed by atoms with Crippen molar-refractivity contribution >= 4 is 11.6 Å². The molecule has 134 valence electrons. The van der Waals surface area contributed by atoms with Crippen LogP contribution in [0.2, 0.25) is 0 Å². The number of aryl methyl sites for hydroxylation is 1. The molecule has 6 nitrogen and oxygen atoms in total. The van der Waals surface area contributed by atoms with Crippen LogP contribution in [-0.2, 0) is 30.7 Å². The zero-order chi connectivity index (χ0) is 17.7. The van der Waals surface area contributed by atoms with Crippen molar-refractivity contribution in [1.29, 1.82) is 0 Å². The van der Waals surface area contributed by atoms with Crippen LogP contribution < -0.4 is 4.90 Å². The van der Waals surface area contributed by atoms with Gasteiger partial charge in [-0.25, -0.2) is 9.97 Å². The number of hydrogen-bond acceptors (Lipinski definition) is 5. The second-order valence-electron chi connectivity index (χ2n) is 7.75. The maximum atomic E-state index is 12.8. The van der Waals surface area contributed by atoms with Gasteiger partial charge in [-0.2, -0.15) is 0 Å². The van der Waals surface area contributed by atoms with Gasteiger partial charge in [-0.3, -0.25) is 9.78 Å². The molecule has 1 fully saturated rings. The van der Waals surface area contributed by atoms with E-state index in [0.29, 0.717) is 18.9 Å². The fourth-order valence-electron chi connectivity index (χ4n) is 4.65. The van der Waals surface area contributed by atoms with Gasteiger partial charge in [0, 0.05) is 37.7 Å². The van der Waals surface area contributed by atoms with Crippen molar-refractivity contribution in [2.45, 2.75) is 45.7 Å². The summed E-state index contributed by atoms with van der Waals surface area (Å²) in [5.74, 6) is 0.688. The van der Waals surface area contributed by atoms with Crippen molar-refractivity contribution < 1.29 is 4.79 Å². The molecule has 0 atom stereocenters. The molecule has 1 amide bonds. The molecule has 0 N–H and O–H groups in total. The minimum atomic E-state index is 0.265. The molecular formula is C20H23N5O. The maximum absolute atomic E-state index is 12.8. The van der Waals surface area contributed by atoms with Crippen molar-refractivity contribution in [3.63, 3.8) is 0 Å². The van der Waals surface area contributed by atoms with Crippen molar-refractivity contribution in [3.05, 3.63) is 46.8 Å². The van der Waals surface area contributed by atoms with Gasteiger partial charge in [-0.1, -0.05) is 0 Å². The first-order chi connectivity index (χ1) is 12.7. The van der Waals surface area contributed by atoms with Crippen LogP contribution in [0.25, 0.3) is 0 Å². The SMILES string of the molecule is Cc1nc2c(c3c1CCC3)CN(C(=O)CC1CN(c3cncnc3)C1)C2. The van der Waals surface area contributed by atoms with Crippen LogP contribution in [0, 0.1) is 12.8 Å². The molecule has 0 radical (unpaired) electrons. The van der Waals surface area contributed by atoms with Crippen molar-refractivity contribution in [3.8, 4) is 0 Å². The van der Waals surface area contributed by atoms with Gasteiger partial charge in [0.25, 0.3) is 0 Å². The first-order valence-electron chi connectivity index (χ1n) is 9.47. The predicted molar refractivity (Wildman–Crippen MR) is 97.6 cm³/mol. The number of pyridine rings is 1. The van der Waals surface area contributed by atoms with E-state index >= 15 is 0 Å². The van der Waals surface area contributed by atoms with Gasteiger partial charge in [0.15, 0.2) is 0 Å². The van der Waals surface area contributed by atoms with E-state index in [1.54, 1.807) is 6.33 Å². The van der Waals surface area contributed by atoms with Gasteiger partial charge in [0.2, 0.25) is 5.91 Å². The molecule has 1 aliphatic carbocycles. The number of nitrogens with zero attached hydrogens (tertiary/aromatic N) is 5. The second-order valence-corrected chi connectivity index (χ2v) is 7.75. The summed E-state index contributed by atoms with van der Waals surface area (Å²) < 4.78 is 0. The molecule has 5 rings (SSSR count). The van der Waals surface area contributed by atoms with Gasteiger partial charge in [-0.05, 0) is 42.9 Å². The van der Waals surface area contributed by atoms with Crippen LogP contribution in [0.3, 0.4) is 0 Å². The Hall–Kier alpha value is -2.50. The molecule has 0 unspecified atom stereocenters. The fourth-order valence-corrected chi connectivity index (χ4v) is 4.65. The summed E-state index contributed by atoms with van der Waals surface area (Å²) in [6.07, 6.45) is 9.36. The minimum absolute atomic E-state index is 0.265. The standard InChI is InChI=1S/C20H23N5O/c1-13-16-3-2-4-17(16)18-10-25(11-19(18)23-13)20(26)5-14-8-24(9-14)15-6-21-12-22-7-15/h6-7,12,14H,2-5,8-11H2,1H3. The zero-order valence-corrected chi connectivity index (χ0v) is 15.1. The number of rotatable bonds is 3. The molecule has 0 bridgehead atoms. The summed E-state index contributed by atoms with van der Waals surface area (Å²) in [7, 11) is 0. The van der Waals surface area contributed by atoms with Crippen LogP contribution in [0.4, 0.5) is 5.69 Å². The Morgan fingerprint density at radius 1 is 1.12 bits per heavy atom. The highest BCUT2D eigenvalue weighted by Crippen LogP contribution is 2.34. The van der Waals surface area contributed by atoms with Gasteiger partial charge >= 0.3 is 0 Å². The summed E-state index contributed by atoms with van der Waals surface area (Å²) in [6.45, 7) is 5.38. The minimum Gasteiger partial charge on any atom is -0.368 e. The van der Waals surface area contributed by atoms with Gasteiger partial charge in [0.1, 0.15) is 6.33 Å². The third-order valence-corrected chi connectivity index (χ3v) is 6.04. The third kappa shape index (κ3) is 2.55. The molecule has 4 heterocycles. The number of carbonyl (C=O) groups excluding carboxylic acids is 1. The van der Waals surface area contributed by atoms with E-state index in [4.69, 9.17) is 4.98 Å².